The Hall–Kier alpha value is -4.14. The third-order valence-corrected chi connectivity index (χ3v) is 6.30. The van der Waals surface area contributed by atoms with Crippen LogP contribution in [0.3, 0.4) is 0 Å². The molecule has 238 valence electrons. The molecule has 3 heterocycles. The summed E-state index contributed by atoms with van der Waals surface area (Å²) in [5.74, 6) is -2.62. The van der Waals surface area contributed by atoms with Gasteiger partial charge in [-0.25, -0.2) is 9.78 Å². The van der Waals surface area contributed by atoms with E-state index in [1.54, 1.807) is 30.3 Å². The van der Waals surface area contributed by atoms with E-state index >= 15 is 0 Å². The number of pyridine rings is 1. The highest BCUT2D eigenvalue weighted by Crippen LogP contribution is 2.47. The first-order chi connectivity index (χ1) is 20.5. The van der Waals surface area contributed by atoms with E-state index in [-0.39, 0.29) is 12.8 Å². The van der Waals surface area contributed by atoms with Crippen LogP contribution in [0.25, 0.3) is 11.6 Å². The number of ether oxygens (including phenoxy) is 3. The second-order valence-electron chi connectivity index (χ2n) is 11.0. The lowest BCUT2D eigenvalue weighted by Gasteiger charge is -2.32. The number of hydrogen-bond acceptors (Lipinski definition) is 8. The van der Waals surface area contributed by atoms with Crippen molar-refractivity contribution in [3.63, 3.8) is 0 Å². The highest BCUT2D eigenvalue weighted by Gasteiger charge is 2.61. The van der Waals surface area contributed by atoms with Gasteiger partial charge in [-0.15, -0.1) is 10.2 Å². The Labute approximate surface area is 248 Å². The number of halogens is 6. The fourth-order valence-electron chi connectivity index (χ4n) is 4.24. The van der Waals surface area contributed by atoms with Gasteiger partial charge >= 0.3 is 18.4 Å². The molecule has 0 saturated carbocycles. The van der Waals surface area contributed by atoms with E-state index in [1.165, 1.54) is 39.8 Å². The molecule has 1 aromatic carbocycles. The number of carbonyl (C=O) groups is 1. The van der Waals surface area contributed by atoms with Crippen molar-refractivity contribution in [1.82, 2.24) is 15.2 Å². The first kappa shape index (κ1) is 32.8. The first-order valence-electron chi connectivity index (χ1n) is 13.5. The third kappa shape index (κ3) is 7.68. The van der Waals surface area contributed by atoms with Crippen LogP contribution >= 0.6 is 0 Å². The summed E-state index contributed by atoms with van der Waals surface area (Å²) in [5, 5.41) is 9.48. The van der Waals surface area contributed by atoms with E-state index in [0.29, 0.717) is 11.6 Å². The maximum absolute atomic E-state index is 14.9. The Kier molecular flexibility index (Phi) is 9.28. The van der Waals surface area contributed by atoms with Gasteiger partial charge in [0, 0.05) is 6.42 Å². The molecule has 0 radical (unpaired) electrons. The largest absolute Gasteiger partial charge is 0.474 e. The van der Waals surface area contributed by atoms with E-state index in [2.05, 4.69) is 20.5 Å². The molecule has 15 heteroatoms. The molecular formula is C29H30F6N4O5. The van der Waals surface area contributed by atoms with Crippen molar-refractivity contribution in [2.45, 2.75) is 83.2 Å². The van der Waals surface area contributed by atoms with Crippen LogP contribution in [-0.4, -0.2) is 39.2 Å². The number of aromatic nitrogens is 3. The lowest BCUT2D eigenvalue weighted by Crippen LogP contribution is -2.45. The van der Waals surface area contributed by atoms with Crippen LogP contribution in [0.5, 0.6) is 5.88 Å². The predicted molar refractivity (Wildman–Crippen MR) is 144 cm³/mol. The summed E-state index contributed by atoms with van der Waals surface area (Å²) in [5.41, 5.74) is -6.24. The smallest absolute Gasteiger partial charge is 0.426 e. The first-order valence-corrected chi connectivity index (χ1v) is 13.5. The number of allylic oxidation sites excluding steroid dienone is 1. The number of amides is 1. The molecule has 2 aromatic heterocycles. The average Bonchev–Trinajstić information content (AvgIpc) is 3.39. The van der Waals surface area contributed by atoms with Gasteiger partial charge in [0.1, 0.15) is 17.3 Å². The van der Waals surface area contributed by atoms with Crippen molar-refractivity contribution < 1.29 is 49.8 Å². The maximum Gasteiger partial charge on any atom is 0.426 e. The van der Waals surface area contributed by atoms with E-state index in [0.717, 1.165) is 0 Å². The average molecular weight is 629 g/mol. The summed E-state index contributed by atoms with van der Waals surface area (Å²) < 4.78 is 109. The number of benzene rings is 1. The molecule has 1 unspecified atom stereocenters. The van der Waals surface area contributed by atoms with E-state index in [1.807, 2.05) is 0 Å². The van der Waals surface area contributed by atoms with Gasteiger partial charge in [0.25, 0.3) is 11.8 Å². The third-order valence-electron chi connectivity index (χ3n) is 6.30. The van der Waals surface area contributed by atoms with Crippen LogP contribution in [-0.2, 0) is 27.9 Å². The second-order valence-corrected chi connectivity index (χ2v) is 11.0. The van der Waals surface area contributed by atoms with Crippen LogP contribution in [0, 0.1) is 0 Å². The summed E-state index contributed by atoms with van der Waals surface area (Å²) in [6, 6.07) is 8.64. The lowest BCUT2D eigenvalue weighted by molar-refractivity contribution is -0.299. The van der Waals surface area contributed by atoms with Crippen molar-refractivity contribution >= 4 is 11.8 Å². The molecule has 9 nitrogen and oxygen atoms in total. The molecule has 0 saturated heterocycles. The minimum Gasteiger partial charge on any atom is -0.474 e. The summed E-state index contributed by atoms with van der Waals surface area (Å²) in [4.78, 5) is 16.5. The Balaban J connectivity index is 1.90. The maximum atomic E-state index is 14.9. The van der Waals surface area contributed by atoms with Gasteiger partial charge < -0.3 is 18.6 Å². The van der Waals surface area contributed by atoms with Crippen molar-refractivity contribution in [3.8, 4) is 17.5 Å². The Morgan fingerprint density at radius 2 is 1.77 bits per heavy atom. The molecule has 1 N–H and O–H groups in total. The monoisotopic (exact) mass is 628 g/mol. The van der Waals surface area contributed by atoms with Crippen molar-refractivity contribution in [2.75, 3.05) is 5.32 Å². The molecule has 3 aromatic rings. The minimum absolute atomic E-state index is 0.0501. The van der Waals surface area contributed by atoms with E-state index < -0.39 is 83.4 Å². The summed E-state index contributed by atoms with van der Waals surface area (Å²) >= 11 is 0. The molecule has 1 aliphatic rings. The normalized spacial score (nSPS) is 19.5. The molecule has 0 aliphatic carbocycles. The zero-order valence-corrected chi connectivity index (χ0v) is 24.2. The number of carbonyl (C=O) groups excluding carboxylic acids is 1. The van der Waals surface area contributed by atoms with Crippen LogP contribution in [0.1, 0.15) is 64.0 Å². The number of rotatable bonds is 4. The van der Waals surface area contributed by atoms with Crippen LogP contribution in [0.2, 0.25) is 0 Å². The topological polar surface area (TPSA) is 109 Å². The van der Waals surface area contributed by atoms with Gasteiger partial charge in [-0.05, 0) is 52.2 Å². The second kappa shape index (κ2) is 12.5. The molecule has 4 rings (SSSR count). The number of hydrogen-bond donors (Lipinski definition) is 1. The number of nitrogens with zero attached hydrogens (tertiary/aromatic N) is 3. The lowest BCUT2D eigenvalue weighted by atomic mass is 9.95. The number of alkyl halides is 6. The standard InChI is InChI=1S/C29H30F6N4O5/c1-17-11-7-6-10-14-27(29(33,34)35,41-16-18-12-8-5-9-13-18)24-39-38-23(43-24)21-20(36-25(40)44-26(2,3)4)15-19(28(30,31)32)22(37-21)42-17/h5-9,12-13,15,17H,10-11,14,16H2,1-4H3,(H,36,40)/t17-,27?/m0/s1. The Morgan fingerprint density at radius 3 is 2.41 bits per heavy atom. The zero-order chi connectivity index (χ0) is 32.3. The quantitative estimate of drug-likeness (QED) is 0.229. The molecule has 1 amide bonds. The Bertz CT molecular complexity index is 1480. The van der Waals surface area contributed by atoms with Crippen LogP contribution in [0.15, 0.2) is 53.0 Å². The van der Waals surface area contributed by atoms with E-state index in [9.17, 15) is 31.1 Å². The van der Waals surface area contributed by atoms with Gasteiger partial charge in [-0.3, -0.25) is 5.32 Å². The summed E-state index contributed by atoms with van der Waals surface area (Å²) in [6.45, 7) is 5.58. The number of fused-ring (bicyclic) bond motifs is 5. The fraction of sp³-hybridized carbons (Fsp3) is 0.448. The van der Waals surface area contributed by atoms with Gasteiger partial charge in [-0.2, -0.15) is 26.3 Å². The molecule has 1 aliphatic heterocycles. The molecule has 0 spiro atoms. The molecular weight excluding hydrogens is 598 g/mol. The van der Waals surface area contributed by atoms with Crippen molar-refractivity contribution in [1.29, 1.82) is 0 Å². The van der Waals surface area contributed by atoms with Crippen LogP contribution in [0.4, 0.5) is 36.8 Å². The predicted octanol–water partition coefficient (Wildman–Crippen LogP) is 7.98. The van der Waals surface area contributed by atoms with Gasteiger partial charge in [0.15, 0.2) is 5.69 Å². The molecule has 4 bridgehead atoms. The molecule has 44 heavy (non-hydrogen) atoms. The van der Waals surface area contributed by atoms with E-state index in [4.69, 9.17) is 18.6 Å². The number of anilines is 1. The highest BCUT2D eigenvalue weighted by molar-refractivity contribution is 5.89. The van der Waals surface area contributed by atoms with Crippen molar-refractivity contribution in [3.05, 3.63) is 65.6 Å². The van der Waals surface area contributed by atoms with Gasteiger partial charge in [0.05, 0.1) is 12.3 Å². The fourth-order valence-corrected chi connectivity index (χ4v) is 4.24. The summed E-state index contributed by atoms with van der Waals surface area (Å²) in [7, 11) is 0. The Morgan fingerprint density at radius 1 is 1.07 bits per heavy atom. The highest BCUT2D eigenvalue weighted by atomic mass is 19.4. The number of nitrogens with one attached hydrogen (secondary N) is 1. The van der Waals surface area contributed by atoms with Crippen molar-refractivity contribution in [2.24, 2.45) is 0 Å². The van der Waals surface area contributed by atoms with Gasteiger partial charge in [-0.1, -0.05) is 42.5 Å². The zero-order valence-electron chi connectivity index (χ0n) is 24.2. The SMILES string of the molecule is C[C@H]1CC=CCCC(OCc2ccccc2)(C(F)(F)F)c2nnc(o2)-c2nc(c(C(F)(F)F)cc2NC(=O)OC(C)(C)C)O1. The molecule has 0 fully saturated rings. The molecule has 2 atom stereocenters. The van der Waals surface area contributed by atoms with Crippen LogP contribution < -0.4 is 10.1 Å². The minimum atomic E-state index is -5.07. The summed E-state index contributed by atoms with van der Waals surface area (Å²) in [6.07, 6.45) is -9.95. The van der Waals surface area contributed by atoms with Gasteiger partial charge in [0.2, 0.25) is 11.5 Å².